The zero-order chi connectivity index (χ0) is 21.8. The average molecular weight is 459 g/mol. The van der Waals surface area contributed by atoms with Gasteiger partial charge in [0.2, 0.25) is 5.91 Å². The lowest BCUT2D eigenvalue weighted by molar-refractivity contribution is -0.120. The highest BCUT2D eigenvalue weighted by Gasteiger charge is 2.22. The maximum Gasteiger partial charge on any atom is 0.226 e. The third-order valence-electron chi connectivity index (χ3n) is 5.19. The van der Waals surface area contributed by atoms with Gasteiger partial charge < -0.3 is 10.2 Å². The number of carbonyl (C=O) groups excluding carboxylic acids is 1. The molecule has 3 heterocycles. The summed E-state index contributed by atoms with van der Waals surface area (Å²) in [5.74, 6) is -0.00197. The summed E-state index contributed by atoms with van der Waals surface area (Å²) in [7, 11) is 0. The molecule has 7 heteroatoms. The van der Waals surface area contributed by atoms with E-state index in [-0.39, 0.29) is 12.3 Å². The molecule has 0 aliphatic carbocycles. The number of hydrogen-bond acceptors (Lipinski definition) is 6. The number of thiazole rings is 1. The van der Waals surface area contributed by atoms with Crippen molar-refractivity contribution in [3.63, 3.8) is 0 Å². The topological polar surface area (TPSA) is 58.1 Å². The number of pyridine rings is 1. The molecule has 1 aliphatic heterocycles. The molecule has 1 N–H and O–H groups in total. The zero-order valence-corrected chi connectivity index (χ0v) is 19.0. The largest absolute Gasteiger partial charge is 0.356 e. The summed E-state index contributed by atoms with van der Waals surface area (Å²) in [5, 5.41) is 5.82. The van der Waals surface area contributed by atoms with Crippen LogP contribution < -0.4 is 10.2 Å². The third kappa shape index (κ3) is 4.54. The highest BCUT2D eigenvalue weighted by molar-refractivity contribution is 7.99. The number of fused-ring (bicyclic) bond motifs is 2. The Kier molecular flexibility index (Phi) is 6.18. The fourth-order valence-corrected chi connectivity index (χ4v) is 5.60. The fourth-order valence-electron chi connectivity index (χ4n) is 3.71. The Morgan fingerprint density at radius 2 is 1.66 bits per heavy atom. The van der Waals surface area contributed by atoms with E-state index in [1.165, 1.54) is 32.5 Å². The minimum absolute atomic E-state index is 0.00197. The molecule has 0 saturated carbocycles. The van der Waals surface area contributed by atoms with E-state index >= 15 is 0 Å². The van der Waals surface area contributed by atoms with Gasteiger partial charge in [-0.1, -0.05) is 42.1 Å². The molecule has 5 rings (SSSR count). The van der Waals surface area contributed by atoms with E-state index in [0.29, 0.717) is 6.54 Å². The third-order valence-corrected chi connectivity index (χ3v) is 7.23. The first-order chi connectivity index (χ1) is 15.8. The molecule has 32 heavy (non-hydrogen) atoms. The Bertz CT molecular complexity index is 1180. The maximum atomic E-state index is 12.4. The maximum absolute atomic E-state index is 12.4. The number of anilines is 2. The van der Waals surface area contributed by atoms with E-state index < -0.39 is 0 Å². The van der Waals surface area contributed by atoms with Gasteiger partial charge in [0.1, 0.15) is 5.01 Å². The van der Waals surface area contributed by atoms with E-state index in [9.17, 15) is 4.79 Å². The molecule has 0 atom stereocenters. The lowest BCUT2D eigenvalue weighted by Gasteiger charge is -2.32. The molecular weight excluding hydrogens is 436 g/mol. The summed E-state index contributed by atoms with van der Waals surface area (Å²) in [6.45, 7) is 1.47. The molecule has 0 saturated heterocycles. The number of amides is 1. The quantitative estimate of drug-likeness (QED) is 0.368. The first-order valence-electron chi connectivity index (χ1n) is 10.5. The van der Waals surface area contributed by atoms with Crippen molar-refractivity contribution in [2.24, 2.45) is 0 Å². The Morgan fingerprint density at radius 1 is 0.938 bits per heavy atom. The van der Waals surface area contributed by atoms with Gasteiger partial charge >= 0.3 is 0 Å². The standard InChI is InChI=1S/C25H22N4OS2/c30-24(16-18-17-31-25(28-18)19-8-5-6-13-26-19)27-14-7-15-29-20-9-1-3-11-22(20)32-23-12-4-2-10-21(23)29/h1-6,8-13,17H,7,14-16H2,(H,27,30). The summed E-state index contributed by atoms with van der Waals surface area (Å²) in [6.07, 6.45) is 2.89. The van der Waals surface area contributed by atoms with Crippen molar-refractivity contribution < 1.29 is 4.79 Å². The SMILES string of the molecule is O=C(Cc1csc(-c2ccccn2)n1)NCCCN1c2ccccc2Sc2ccccc21. The van der Waals surface area contributed by atoms with Gasteiger partial charge in [0.05, 0.1) is 29.2 Å². The Hall–Kier alpha value is -3.16. The van der Waals surface area contributed by atoms with Gasteiger partial charge in [-0.05, 0) is 42.8 Å². The molecule has 4 aromatic rings. The van der Waals surface area contributed by atoms with Crippen LogP contribution in [0.4, 0.5) is 11.4 Å². The highest BCUT2D eigenvalue weighted by atomic mass is 32.2. The molecule has 160 valence electrons. The number of nitrogens with one attached hydrogen (secondary N) is 1. The van der Waals surface area contributed by atoms with Crippen molar-refractivity contribution in [3.8, 4) is 10.7 Å². The second kappa shape index (κ2) is 9.54. The summed E-state index contributed by atoms with van der Waals surface area (Å²) >= 11 is 3.33. The van der Waals surface area contributed by atoms with Crippen molar-refractivity contribution in [2.45, 2.75) is 22.6 Å². The van der Waals surface area contributed by atoms with Crippen molar-refractivity contribution in [1.82, 2.24) is 15.3 Å². The van der Waals surface area contributed by atoms with E-state index in [1.807, 2.05) is 35.3 Å². The van der Waals surface area contributed by atoms with Gasteiger partial charge in [-0.25, -0.2) is 4.98 Å². The Balaban J connectivity index is 1.16. The number of nitrogens with zero attached hydrogens (tertiary/aromatic N) is 3. The second-order valence-electron chi connectivity index (χ2n) is 7.43. The van der Waals surface area contributed by atoms with Crippen LogP contribution in [-0.2, 0) is 11.2 Å². The van der Waals surface area contributed by atoms with E-state index in [2.05, 4.69) is 68.7 Å². The fraction of sp³-hybridized carbons (Fsp3) is 0.160. The number of rotatable bonds is 7. The van der Waals surface area contributed by atoms with Gasteiger partial charge in [-0.2, -0.15) is 0 Å². The minimum Gasteiger partial charge on any atom is -0.356 e. The van der Waals surface area contributed by atoms with Crippen LogP contribution in [-0.4, -0.2) is 29.0 Å². The predicted octanol–water partition coefficient (Wildman–Crippen LogP) is 5.56. The summed E-state index contributed by atoms with van der Waals surface area (Å²) in [5.41, 5.74) is 4.08. The van der Waals surface area contributed by atoms with E-state index in [1.54, 1.807) is 6.20 Å². The van der Waals surface area contributed by atoms with Crippen molar-refractivity contribution in [3.05, 3.63) is 84.0 Å². The van der Waals surface area contributed by atoms with Crippen molar-refractivity contribution >= 4 is 40.4 Å². The first kappa shape index (κ1) is 20.7. The molecule has 0 radical (unpaired) electrons. The molecule has 0 spiro atoms. The first-order valence-corrected chi connectivity index (χ1v) is 12.2. The lowest BCUT2D eigenvalue weighted by atomic mass is 10.2. The van der Waals surface area contributed by atoms with Crippen LogP contribution in [0.3, 0.4) is 0 Å². The Labute approximate surface area is 195 Å². The number of carbonyl (C=O) groups is 1. The summed E-state index contributed by atoms with van der Waals surface area (Å²) in [6, 6.07) is 22.7. The van der Waals surface area contributed by atoms with Crippen LogP contribution in [0.1, 0.15) is 12.1 Å². The number of para-hydroxylation sites is 2. The van der Waals surface area contributed by atoms with Crippen LogP contribution in [0, 0.1) is 0 Å². The smallest absolute Gasteiger partial charge is 0.226 e. The molecule has 2 aromatic carbocycles. The highest BCUT2D eigenvalue weighted by Crippen LogP contribution is 2.47. The normalized spacial score (nSPS) is 12.2. The molecule has 0 unspecified atom stereocenters. The van der Waals surface area contributed by atoms with E-state index in [4.69, 9.17) is 0 Å². The number of aromatic nitrogens is 2. The summed E-state index contributed by atoms with van der Waals surface area (Å²) < 4.78 is 0. The van der Waals surface area contributed by atoms with Crippen LogP contribution in [0.5, 0.6) is 0 Å². The number of benzene rings is 2. The van der Waals surface area contributed by atoms with Crippen LogP contribution >= 0.6 is 23.1 Å². The summed E-state index contributed by atoms with van der Waals surface area (Å²) in [4.78, 5) is 26.2. The van der Waals surface area contributed by atoms with Gasteiger partial charge in [-0.15, -0.1) is 11.3 Å². The molecule has 1 amide bonds. The minimum atomic E-state index is -0.00197. The molecule has 0 bridgehead atoms. The molecule has 2 aromatic heterocycles. The molecule has 1 aliphatic rings. The van der Waals surface area contributed by atoms with Crippen LogP contribution in [0.2, 0.25) is 0 Å². The van der Waals surface area contributed by atoms with Gasteiger partial charge in [0.25, 0.3) is 0 Å². The predicted molar refractivity (Wildman–Crippen MR) is 131 cm³/mol. The second-order valence-corrected chi connectivity index (χ2v) is 9.37. The van der Waals surface area contributed by atoms with Gasteiger partial charge in [0, 0.05) is 34.5 Å². The zero-order valence-electron chi connectivity index (χ0n) is 17.4. The molecule has 5 nitrogen and oxygen atoms in total. The molecule has 0 fully saturated rings. The van der Waals surface area contributed by atoms with Crippen LogP contribution in [0.15, 0.2) is 88.1 Å². The number of hydrogen-bond donors (Lipinski definition) is 1. The monoisotopic (exact) mass is 458 g/mol. The van der Waals surface area contributed by atoms with Crippen molar-refractivity contribution in [2.75, 3.05) is 18.0 Å². The Morgan fingerprint density at radius 3 is 2.38 bits per heavy atom. The average Bonchev–Trinajstić information content (AvgIpc) is 3.30. The molecular formula is C25H22N4OS2. The lowest BCUT2D eigenvalue weighted by Crippen LogP contribution is -2.29. The van der Waals surface area contributed by atoms with E-state index in [0.717, 1.165) is 29.4 Å². The van der Waals surface area contributed by atoms with Crippen molar-refractivity contribution in [1.29, 1.82) is 0 Å². The van der Waals surface area contributed by atoms with Gasteiger partial charge in [-0.3, -0.25) is 9.78 Å². The van der Waals surface area contributed by atoms with Crippen LogP contribution in [0.25, 0.3) is 10.7 Å². The van der Waals surface area contributed by atoms with Gasteiger partial charge in [0.15, 0.2) is 0 Å².